The number of alkyl carbamates (subject to hydrolysis) is 1. The molecule has 2 amide bonds. The Morgan fingerprint density at radius 3 is 2.42 bits per heavy atom. The second-order valence-electron chi connectivity index (χ2n) is 6.15. The van der Waals surface area contributed by atoms with E-state index in [9.17, 15) is 9.59 Å². The number of amides is 2. The molecule has 1 atom stereocenters. The molecule has 0 bridgehead atoms. The van der Waals surface area contributed by atoms with Gasteiger partial charge in [0, 0.05) is 11.8 Å². The van der Waals surface area contributed by atoms with Gasteiger partial charge in [0.2, 0.25) is 5.91 Å². The Bertz CT molecular complexity index is 732. The van der Waals surface area contributed by atoms with Crippen molar-refractivity contribution >= 4 is 17.7 Å². The van der Waals surface area contributed by atoms with Crippen molar-refractivity contribution in [2.45, 2.75) is 26.5 Å². The highest BCUT2D eigenvalue weighted by Crippen LogP contribution is 2.17. The van der Waals surface area contributed by atoms with Crippen LogP contribution in [0.25, 0.3) is 0 Å². The van der Waals surface area contributed by atoms with Crippen LogP contribution in [0.3, 0.4) is 0 Å². The van der Waals surface area contributed by atoms with E-state index in [1.165, 1.54) is 0 Å². The van der Waals surface area contributed by atoms with Crippen molar-refractivity contribution in [2.24, 2.45) is 5.92 Å². The quantitative estimate of drug-likeness (QED) is 0.795. The molecular weight excluding hydrogens is 332 g/mol. The van der Waals surface area contributed by atoms with Crippen molar-refractivity contribution in [3.8, 4) is 5.75 Å². The molecule has 2 rings (SSSR count). The van der Waals surface area contributed by atoms with E-state index >= 15 is 0 Å². The predicted octanol–water partition coefficient (Wildman–Crippen LogP) is 3.58. The fourth-order valence-corrected chi connectivity index (χ4v) is 2.35. The summed E-state index contributed by atoms with van der Waals surface area (Å²) in [5.41, 5.74) is 1.48. The molecule has 0 spiro atoms. The second-order valence-corrected chi connectivity index (χ2v) is 6.15. The number of benzene rings is 2. The standard InChI is InChI=1S/C20H24N2O4/c1-14(2)18(19(23)21-16-10-7-11-17(12-16)25-3)22-20(24)26-13-15-8-5-4-6-9-15/h4-12,14,18H,13H2,1-3H3,(H,21,23)(H,22,24). The topological polar surface area (TPSA) is 76.7 Å². The van der Waals surface area contributed by atoms with Gasteiger partial charge in [0.05, 0.1) is 7.11 Å². The van der Waals surface area contributed by atoms with E-state index in [1.54, 1.807) is 31.4 Å². The van der Waals surface area contributed by atoms with Gasteiger partial charge in [-0.2, -0.15) is 0 Å². The van der Waals surface area contributed by atoms with Gasteiger partial charge in [-0.15, -0.1) is 0 Å². The van der Waals surface area contributed by atoms with Crippen LogP contribution in [0.1, 0.15) is 19.4 Å². The first-order valence-corrected chi connectivity index (χ1v) is 8.41. The van der Waals surface area contributed by atoms with Gasteiger partial charge >= 0.3 is 6.09 Å². The summed E-state index contributed by atoms with van der Waals surface area (Å²) in [5, 5.41) is 5.42. The molecule has 0 saturated carbocycles. The van der Waals surface area contributed by atoms with Crippen molar-refractivity contribution in [3.05, 3.63) is 60.2 Å². The highest BCUT2D eigenvalue weighted by molar-refractivity contribution is 5.96. The molecule has 6 heteroatoms. The zero-order valence-corrected chi connectivity index (χ0v) is 15.2. The van der Waals surface area contributed by atoms with Crippen LogP contribution < -0.4 is 15.4 Å². The number of anilines is 1. The summed E-state index contributed by atoms with van der Waals surface area (Å²) < 4.78 is 10.3. The molecule has 0 radical (unpaired) electrons. The van der Waals surface area contributed by atoms with Gasteiger partial charge < -0.3 is 20.1 Å². The van der Waals surface area contributed by atoms with Crippen molar-refractivity contribution in [1.29, 1.82) is 0 Å². The Balaban J connectivity index is 1.94. The lowest BCUT2D eigenvalue weighted by molar-refractivity contribution is -0.119. The second kappa shape index (κ2) is 9.46. The van der Waals surface area contributed by atoms with E-state index in [1.807, 2.05) is 44.2 Å². The van der Waals surface area contributed by atoms with E-state index < -0.39 is 12.1 Å². The van der Waals surface area contributed by atoms with Crippen molar-refractivity contribution in [3.63, 3.8) is 0 Å². The van der Waals surface area contributed by atoms with Crippen molar-refractivity contribution in [1.82, 2.24) is 5.32 Å². The van der Waals surface area contributed by atoms with Crippen LogP contribution in [0.2, 0.25) is 0 Å². The summed E-state index contributed by atoms with van der Waals surface area (Å²) in [5.74, 6) is 0.217. The number of nitrogens with one attached hydrogen (secondary N) is 2. The van der Waals surface area contributed by atoms with Crippen LogP contribution in [0.5, 0.6) is 5.75 Å². The minimum Gasteiger partial charge on any atom is -0.497 e. The number of carbonyl (C=O) groups is 2. The maximum atomic E-state index is 12.5. The number of methoxy groups -OCH3 is 1. The summed E-state index contributed by atoms with van der Waals surface area (Å²) in [4.78, 5) is 24.6. The molecule has 0 aromatic heterocycles. The molecule has 1 unspecified atom stereocenters. The molecule has 6 nitrogen and oxygen atoms in total. The summed E-state index contributed by atoms with van der Waals surface area (Å²) >= 11 is 0. The minimum absolute atomic E-state index is 0.107. The van der Waals surface area contributed by atoms with Gasteiger partial charge in [-0.1, -0.05) is 50.2 Å². The third kappa shape index (κ3) is 5.81. The first-order valence-electron chi connectivity index (χ1n) is 8.41. The van der Waals surface area contributed by atoms with E-state index in [0.29, 0.717) is 11.4 Å². The van der Waals surface area contributed by atoms with Gasteiger partial charge in [0.15, 0.2) is 0 Å². The number of ether oxygens (including phenoxy) is 2. The smallest absolute Gasteiger partial charge is 0.408 e. The van der Waals surface area contributed by atoms with Gasteiger partial charge in [-0.05, 0) is 23.6 Å². The largest absolute Gasteiger partial charge is 0.497 e. The summed E-state index contributed by atoms with van der Waals surface area (Å²) in [6.07, 6.45) is -0.631. The van der Waals surface area contributed by atoms with Gasteiger partial charge in [0.1, 0.15) is 18.4 Å². The molecule has 26 heavy (non-hydrogen) atoms. The minimum atomic E-state index is -0.718. The maximum Gasteiger partial charge on any atom is 0.408 e. The molecule has 0 fully saturated rings. The molecule has 2 aromatic rings. The average molecular weight is 356 g/mol. The van der Waals surface area contributed by atoms with Crippen LogP contribution in [0.4, 0.5) is 10.5 Å². The SMILES string of the molecule is COc1cccc(NC(=O)C(NC(=O)OCc2ccccc2)C(C)C)c1. The maximum absolute atomic E-state index is 12.5. The Hall–Kier alpha value is -3.02. The fraction of sp³-hybridized carbons (Fsp3) is 0.300. The highest BCUT2D eigenvalue weighted by Gasteiger charge is 2.25. The zero-order chi connectivity index (χ0) is 18.9. The molecular formula is C20H24N2O4. The number of hydrogen-bond donors (Lipinski definition) is 2. The molecule has 2 aromatic carbocycles. The van der Waals surface area contributed by atoms with E-state index in [0.717, 1.165) is 5.56 Å². The Morgan fingerprint density at radius 1 is 1.04 bits per heavy atom. The Kier molecular flexibility index (Phi) is 7.02. The molecule has 138 valence electrons. The number of carbonyl (C=O) groups excluding carboxylic acids is 2. The Morgan fingerprint density at radius 2 is 1.77 bits per heavy atom. The van der Waals surface area contributed by atoms with Crippen LogP contribution >= 0.6 is 0 Å². The summed E-state index contributed by atoms with van der Waals surface area (Å²) in [6, 6.07) is 15.7. The van der Waals surface area contributed by atoms with Crippen molar-refractivity contribution in [2.75, 3.05) is 12.4 Å². The third-order valence-corrected chi connectivity index (χ3v) is 3.77. The van der Waals surface area contributed by atoms with Gasteiger partial charge in [0.25, 0.3) is 0 Å². The van der Waals surface area contributed by atoms with E-state index in [4.69, 9.17) is 9.47 Å². The molecule has 0 aliphatic heterocycles. The fourth-order valence-electron chi connectivity index (χ4n) is 2.35. The van der Waals surface area contributed by atoms with Crippen LogP contribution in [0.15, 0.2) is 54.6 Å². The lowest BCUT2D eigenvalue weighted by Crippen LogP contribution is -2.47. The van der Waals surface area contributed by atoms with Gasteiger partial charge in [-0.25, -0.2) is 4.79 Å². The molecule has 2 N–H and O–H groups in total. The first-order chi connectivity index (χ1) is 12.5. The van der Waals surface area contributed by atoms with Crippen LogP contribution in [-0.4, -0.2) is 25.2 Å². The van der Waals surface area contributed by atoms with Crippen LogP contribution in [-0.2, 0) is 16.1 Å². The predicted molar refractivity (Wildman–Crippen MR) is 100 cm³/mol. The third-order valence-electron chi connectivity index (χ3n) is 3.77. The molecule has 0 aliphatic carbocycles. The lowest BCUT2D eigenvalue weighted by Gasteiger charge is -2.21. The van der Waals surface area contributed by atoms with E-state index in [2.05, 4.69) is 10.6 Å². The monoisotopic (exact) mass is 356 g/mol. The van der Waals surface area contributed by atoms with Crippen LogP contribution in [0, 0.1) is 5.92 Å². The van der Waals surface area contributed by atoms with E-state index in [-0.39, 0.29) is 18.4 Å². The van der Waals surface area contributed by atoms with Crippen molar-refractivity contribution < 1.29 is 19.1 Å². The number of hydrogen-bond acceptors (Lipinski definition) is 4. The average Bonchev–Trinajstić information content (AvgIpc) is 2.65. The number of rotatable bonds is 7. The normalized spacial score (nSPS) is 11.5. The van der Waals surface area contributed by atoms with Gasteiger partial charge in [-0.3, -0.25) is 4.79 Å². The zero-order valence-electron chi connectivity index (χ0n) is 15.2. The lowest BCUT2D eigenvalue weighted by atomic mass is 10.0. The molecule has 0 saturated heterocycles. The summed E-state index contributed by atoms with van der Waals surface area (Å²) in [6.45, 7) is 3.86. The Labute approximate surface area is 153 Å². The summed E-state index contributed by atoms with van der Waals surface area (Å²) in [7, 11) is 1.56. The first kappa shape index (κ1) is 19.3. The molecule has 0 heterocycles. The highest BCUT2D eigenvalue weighted by atomic mass is 16.5. The molecule has 0 aliphatic rings.